The van der Waals surface area contributed by atoms with Crippen molar-refractivity contribution in [2.24, 2.45) is 0 Å². The van der Waals surface area contributed by atoms with Gasteiger partial charge in [0.2, 0.25) is 17.7 Å². The van der Waals surface area contributed by atoms with Gasteiger partial charge in [0, 0.05) is 80.2 Å². The quantitative estimate of drug-likeness (QED) is 0.0317. The number of amides is 6. The second kappa shape index (κ2) is 29.2. The lowest BCUT2D eigenvalue weighted by molar-refractivity contribution is -0.136. The molecular formula is C60H71F2N13O11. The third-order valence-electron chi connectivity index (χ3n) is 15.4. The molecular weight excluding hydrogens is 1120 g/mol. The summed E-state index contributed by atoms with van der Waals surface area (Å²) in [7, 11) is 2.11. The molecule has 456 valence electrons. The van der Waals surface area contributed by atoms with Crippen molar-refractivity contribution in [3.63, 3.8) is 0 Å². The number of piperazine rings is 1. The fraction of sp³-hybridized carbons (Fsp3) is 0.450. The maximum absolute atomic E-state index is 14.1. The first-order valence-electron chi connectivity index (χ1n) is 29.0. The number of piperidine rings is 2. The molecule has 6 aromatic rings. The van der Waals surface area contributed by atoms with Crippen molar-refractivity contribution in [2.45, 2.75) is 63.7 Å². The smallest absolute Gasteiger partial charge is 0.264 e. The van der Waals surface area contributed by atoms with Crippen LogP contribution in [0.1, 0.15) is 80.0 Å². The van der Waals surface area contributed by atoms with E-state index in [1.807, 2.05) is 41.3 Å². The molecule has 26 heteroatoms. The second-order valence-electron chi connectivity index (χ2n) is 21.5. The number of imide groups is 2. The van der Waals surface area contributed by atoms with Crippen LogP contribution in [0.25, 0.3) is 10.9 Å². The summed E-state index contributed by atoms with van der Waals surface area (Å²) in [6.07, 6.45) is 3.79. The highest BCUT2D eigenvalue weighted by Gasteiger charge is 2.45. The molecule has 3 saturated heterocycles. The minimum Gasteiger partial charge on any atom is -0.381 e. The van der Waals surface area contributed by atoms with E-state index in [4.69, 9.17) is 23.7 Å². The number of carbonyl (C=O) groups excluding carboxylic acids is 6. The number of ether oxygens (including phenoxy) is 5. The highest BCUT2D eigenvalue weighted by molar-refractivity contribution is 6.25. The summed E-state index contributed by atoms with van der Waals surface area (Å²) in [6, 6.07) is 18.7. The molecule has 6 heterocycles. The van der Waals surface area contributed by atoms with Crippen LogP contribution in [0.3, 0.4) is 0 Å². The van der Waals surface area contributed by atoms with Gasteiger partial charge in [-0.05, 0) is 98.5 Å². The van der Waals surface area contributed by atoms with E-state index in [0.717, 1.165) is 48.4 Å². The molecule has 10 rings (SSSR count). The molecule has 1 unspecified atom stereocenters. The number of benzene rings is 4. The maximum atomic E-state index is 14.1. The first-order chi connectivity index (χ1) is 41.8. The Labute approximate surface area is 495 Å². The monoisotopic (exact) mass is 1190 g/mol. The van der Waals surface area contributed by atoms with Gasteiger partial charge in [0.15, 0.2) is 5.82 Å². The Hall–Kier alpha value is -8.27. The van der Waals surface area contributed by atoms with Gasteiger partial charge in [-0.15, -0.1) is 5.10 Å². The Balaban J connectivity index is 0.560. The molecule has 5 N–H and O–H groups in total. The van der Waals surface area contributed by atoms with Gasteiger partial charge in [-0.2, -0.15) is 5.10 Å². The van der Waals surface area contributed by atoms with Crippen molar-refractivity contribution >= 4 is 69.2 Å². The lowest BCUT2D eigenvalue weighted by Gasteiger charge is -2.35. The zero-order valence-electron chi connectivity index (χ0n) is 48.0. The van der Waals surface area contributed by atoms with Crippen LogP contribution in [0.2, 0.25) is 0 Å². The van der Waals surface area contributed by atoms with Crippen LogP contribution < -0.4 is 26.2 Å². The number of rotatable bonds is 29. The van der Waals surface area contributed by atoms with Crippen LogP contribution in [0.15, 0.2) is 79.0 Å². The number of likely N-dealkylation sites (tertiary alicyclic amines) is 1. The Kier molecular flexibility index (Phi) is 20.7. The van der Waals surface area contributed by atoms with Crippen LogP contribution >= 0.6 is 0 Å². The van der Waals surface area contributed by atoms with Gasteiger partial charge in [0.1, 0.15) is 23.4 Å². The van der Waals surface area contributed by atoms with Crippen molar-refractivity contribution in [3.8, 4) is 0 Å². The molecule has 86 heavy (non-hydrogen) atoms. The van der Waals surface area contributed by atoms with Gasteiger partial charge in [0.25, 0.3) is 17.7 Å². The summed E-state index contributed by atoms with van der Waals surface area (Å²) >= 11 is 0. The number of hydrogen-bond acceptors (Lipinski definition) is 18. The van der Waals surface area contributed by atoms with E-state index in [1.54, 1.807) is 23.0 Å². The molecule has 0 aliphatic carbocycles. The molecule has 0 radical (unpaired) electrons. The van der Waals surface area contributed by atoms with Gasteiger partial charge in [-0.1, -0.05) is 17.3 Å². The zero-order valence-corrected chi connectivity index (χ0v) is 48.0. The van der Waals surface area contributed by atoms with E-state index in [9.17, 15) is 37.5 Å². The van der Waals surface area contributed by atoms with Gasteiger partial charge in [-0.3, -0.25) is 44.1 Å². The summed E-state index contributed by atoms with van der Waals surface area (Å²) < 4.78 is 57.8. The number of carbonyl (C=O) groups is 6. The fourth-order valence-corrected chi connectivity index (χ4v) is 10.8. The molecule has 0 spiro atoms. The number of H-pyrrole nitrogens is 1. The molecule has 1 atom stereocenters. The summed E-state index contributed by atoms with van der Waals surface area (Å²) in [5.41, 5.74) is 5.51. The molecule has 0 saturated carbocycles. The normalized spacial score (nSPS) is 16.7. The van der Waals surface area contributed by atoms with Crippen LogP contribution in [0.4, 0.5) is 31.7 Å². The maximum Gasteiger partial charge on any atom is 0.264 e. The minimum absolute atomic E-state index is 0.0142. The molecule has 6 amide bonds. The summed E-state index contributed by atoms with van der Waals surface area (Å²) in [5, 5.41) is 28.4. The number of nitrogens with one attached hydrogen (secondary N) is 5. The van der Waals surface area contributed by atoms with Crippen LogP contribution in [-0.2, 0) is 57.6 Å². The average Bonchev–Trinajstić information content (AvgIpc) is 2.33. The van der Waals surface area contributed by atoms with Gasteiger partial charge in [-0.25, -0.2) is 13.5 Å². The Bertz CT molecular complexity index is 3360. The number of fused-ring (bicyclic) bond motifs is 2. The Morgan fingerprint density at radius 3 is 2.13 bits per heavy atom. The van der Waals surface area contributed by atoms with Crippen molar-refractivity contribution in [1.29, 1.82) is 0 Å². The number of aromatic amines is 1. The van der Waals surface area contributed by atoms with Crippen LogP contribution in [0.5, 0.6) is 0 Å². The number of halogens is 2. The fourth-order valence-electron chi connectivity index (χ4n) is 10.8. The Morgan fingerprint density at radius 2 is 1.42 bits per heavy atom. The number of likely N-dealkylation sites (N-methyl/N-ethyl adjacent to an activating group) is 1. The summed E-state index contributed by atoms with van der Waals surface area (Å²) in [6.45, 7) is 9.02. The van der Waals surface area contributed by atoms with E-state index < -0.39 is 41.3 Å². The lowest BCUT2D eigenvalue weighted by Crippen LogP contribution is -2.54. The van der Waals surface area contributed by atoms with Crippen molar-refractivity contribution in [1.82, 2.24) is 45.2 Å². The average molecular weight is 1190 g/mol. The summed E-state index contributed by atoms with van der Waals surface area (Å²) in [4.78, 5) is 85.3. The minimum atomic E-state index is -1.05. The van der Waals surface area contributed by atoms with E-state index in [2.05, 4.69) is 58.6 Å². The standard InChI is InChI=1S/C60H71F2N13O11/c1-71-16-18-72(19-17-71)45-6-7-46(57(78)66-56-48-34-39(5-8-49(48)68-69-56)31-40-32-41(61)35-42(62)33-40)51(36-45)64-43-11-14-73(15-12-43)54(77)13-21-82-23-25-84-27-29-86-30-28-85-26-24-83-22-20-74-38-44(67-70-74)37-63-50-4-2-3-47-55(50)60(81)75(59(47)80)52-9-10-53(76)65-58(52)79/h2-8,32-36,38,43,52,63-64H,9-31,37H2,1H3,(H,65,76,79)(H2,66,68,69,78). The molecule has 0 bridgehead atoms. The van der Waals surface area contributed by atoms with E-state index in [0.29, 0.717) is 143 Å². The highest BCUT2D eigenvalue weighted by Crippen LogP contribution is 2.34. The summed E-state index contributed by atoms with van der Waals surface area (Å²) in [5.74, 6) is -3.55. The third kappa shape index (κ3) is 15.8. The van der Waals surface area contributed by atoms with Crippen LogP contribution in [0, 0.1) is 11.6 Å². The predicted octanol–water partition coefficient (Wildman–Crippen LogP) is 4.62. The van der Waals surface area contributed by atoms with Crippen molar-refractivity contribution in [3.05, 3.63) is 124 Å². The van der Waals surface area contributed by atoms with Crippen molar-refractivity contribution < 1.29 is 61.2 Å². The number of nitrogens with zero attached hydrogens (tertiary/aromatic N) is 8. The molecule has 4 aliphatic heterocycles. The number of anilines is 4. The van der Waals surface area contributed by atoms with Gasteiger partial charge in [0.05, 0.1) is 114 Å². The molecule has 24 nitrogen and oxygen atoms in total. The van der Waals surface area contributed by atoms with Crippen LogP contribution in [-0.4, -0.2) is 200 Å². The Morgan fingerprint density at radius 1 is 0.721 bits per heavy atom. The zero-order chi connectivity index (χ0) is 59.9. The highest BCUT2D eigenvalue weighted by atomic mass is 19.1. The van der Waals surface area contributed by atoms with Gasteiger partial charge < -0.3 is 54.3 Å². The molecule has 4 aromatic carbocycles. The van der Waals surface area contributed by atoms with Gasteiger partial charge >= 0.3 is 0 Å². The molecule has 3 fully saturated rings. The van der Waals surface area contributed by atoms with E-state index >= 15 is 0 Å². The first kappa shape index (κ1) is 60.8. The number of aromatic nitrogens is 5. The second-order valence-corrected chi connectivity index (χ2v) is 21.5. The lowest BCUT2D eigenvalue weighted by atomic mass is 10.0. The van der Waals surface area contributed by atoms with E-state index in [-0.39, 0.29) is 61.4 Å². The molecule has 2 aromatic heterocycles. The third-order valence-corrected chi connectivity index (χ3v) is 15.4. The predicted molar refractivity (Wildman–Crippen MR) is 312 cm³/mol. The largest absolute Gasteiger partial charge is 0.381 e. The first-order valence-corrected chi connectivity index (χ1v) is 29.0. The number of hydrogen-bond donors (Lipinski definition) is 5. The topological polar surface area (TPSA) is 269 Å². The molecule has 4 aliphatic rings. The van der Waals surface area contributed by atoms with Crippen molar-refractivity contribution in [2.75, 3.05) is 133 Å². The van der Waals surface area contributed by atoms with E-state index in [1.165, 1.54) is 18.2 Å². The SMILES string of the molecule is CN1CCN(c2ccc(C(=O)Nc3n[nH]c4ccc(Cc5cc(F)cc(F)c5)cc34)c(NC3CCN(C(=O)CCOCCOCCOCCOCCOCCn4cc(CNc5cccc6c5C(=O)N(C5CCC(=O)NC5=O)C6=O)nn4)CC3)c2)CC1.